The van der Waals surface area contributed by atoms with Gasteiger partial charge < -0.3 is 15.5 Å². The van der Waals surface area contributed by atoms with Crippen LogP contribution >= 0.6 is 36.6 Å². The molecule has 22 heavy (non-hydrogen) atoms. The number of halogens is 2. The van der Waals surface area contributed by atoms with E-state index in [1.807, 2.05) is 11.8 Å². The fourth-order valence-electron chi connectivity index (χ4n) is 3.99. The molecule has 1 amide bonds. The maximum atomic E-state index is 12.2. The van der Waals surface area contributed by atoms with Gasteiger partial charge in [-0.2, -0.15) is 11.8 Å². The molecule has 3 aliphatic rings. The summed E-state index contributed by atoms with van der Waals surface area (Å²) in [6.45, 7) is 1.04. The summed E-state index contributed by atoms with van der Waals surface area (Å²) in [7, 11) is 2.26. The van der Waals surface area contributed by atoms with Gasteiger partial charge in [-0.3, -0.25) is 4.79 Å². The van der Waals surface area contributed by atoms with Crippen molar-refractivity contribution in [2.24, 2.45) is 0 Å². The number of rotatable bonds is 3. The standard InChI is InChI=1S/C15H27N3OS.2ClH/c1-18-13-3-2-4-14(18)8-11(7-13)17-15(19)9-12-10-20-6-5-16-12;;/h11-14,16H,2-10H2,1H3,(H,17,19);2*1H. The molecule has 0 aromatic heterocycles. The van der Waals surface area contributed by atoms with Gasteiger partial charge in [0.1, 0.15) is 0 Å². The molecular formula is C15H29Cl2N3OS. The van der Waals surface area contributed by atoms with E-state index >= 15 is 0 Å². The molecule has 3 saturated heterocycles. The third-order valence-electron chi connectivity index (χ3n) is 5.14. The van der Waals surface area contributed by atoms with Crippen LogP contribution in [0, 0.1) is 0 Å². The molecule has 0 radical (unpaired) electrons. The Labute approximate surface area is 150 Å². The van der Waals surface area contributed by atoms with Crippen LogP contribution in [0.25, 0.3) is 0 Å². The first-order valence-corrected chi connectivity index (χ1v) is 9.20. The summed E-state index contributed by atoms with van der Waals surface area (Å²) >= 11 is 1.96. The molecule has 3 fully saturated rings. The lowest BCUT2D eigenvalue weighted by Crippen LogP contribution is -2.55. The Balaban J connectivity index is 0.00000121. The molecule has 3 heterocycles. The molecule has 0 aliphatic carbocycles. The highest BCUT2D eigenvalue weighted by molar-refractivity contribution is 7.99. The number of carbonyl (C=O) groups is 1. The van der Waals surface area contributed by atoms with E-state index in [0.29, 0.717) is 30.6 Å². The fraction of sp³-hybridized carbons (Fsp3) is 0.933. The van der Waals surface area contributed by atoms with E-state index in [0.717, 1.165) is 25.1 Å². The van der Waals surface area contributed by atoms with Gasteiger partial charge in [-0.15, -0.1) is 24.8 Å². The number of piperidine rings is 2. The molecule has 3 unspecified atom stereocenters. The zero-order valence-corrected chi connectivity index (χ0v) is 15.7. The number of fused-ring (bicyclic) bond motifs is 2. The van der Waals surface area contributed by atoms with E-state index in [1.165, 1.54) is 25.0 Å². The molecule has 3 atom stereocenters. The number of hydrogen-bond donors (Lipinski definition) is 2. The lowest BCUT2D eigenvalue weighted by atomic mass is 9.82. The van der Waals surface area contributed by atoms with E-state index in [9.17, 15) is 4.79 Å². The molecule has 0 spiro atoms. The zero-order valence-electron chi connectivity index (χ0n) is 13.3. The van der Waals surface area contributed by atoms with Crippen molar-refractivity contribution in [3.05, 3.63) is 0 Å². The zero-order chi connectivity index (χ0) is 13.9. The highest BCUT2D eigenvalue weighted by atomic mass is 35.5. The van der Waals surface area contributed by atoms with E-state index < -0.39 is 0 Å². The van der Waals surface area contributed by atoms with Crippen molar-refractivity contribution >= 4 is 42.5 Å². The van der Waals surface area contributed by atoms with Gasteiger partial charge in [0, 0.05) is 48.6 Å². The molecule has 0 saturated carbocycles. The van der Waals surface area contributed by atoms with Crippen LogP contribution in [0.2, 0.25) is 0 Å². The van der Waals surface area contributed by atoms with Crippen LogP contribution in [0.4, 0.5) is 0 Å². The summed E-state index contributed by atoms with van der Waals surface area (Å²) in [6.07, 6.45) is 6.91. The number of thioether (sulfide) groups is 1. The van der Waals surface area contributed by atoms with Gasteiger partial charge in [-0.25, -0.2) is 0 Å². The van der Waals surface area contributed by atoms with Gasteiger partial charge in [0.05, 0.1) is 0 Å². The SMILES string of the molecule is CN1C2CCCC1CC(NC(=O)CC1CSCCN1)C2.Cl.Cl. The van der Waals surface area contributed by atoms with Gasteiger partial charge in [0.2, 0.25) is 5.91 Å². The van der Waals surface area contributed by atoms with Gasteiger partial charge in [0.15, 0.2) is 0 Å². The Morgan fingerprint density at radius 2 is 1.95 bits per heavy atom. The highest BCUT2D eigenvalue weighted by Gasteiger charge is 2.36. The Hall–Kier alpha value is 0.320. The van der Waals surface area contributed by atoms with Crippen LogP contribution in [0.1, 0.15) is 38.5 Å². The molecule has 130 valence electrons. The van der Waals surface area contributed by atoms with Gasteiger partial charge in [-0.1, -0.05) is 6.42 Å². The van der Waals surface area contributed by atoms with Crippen LogP contribution in [0.5, 0.6) is 0 Å². The lowest BCUT2D eigenvalue weighted by molar-refractivity contribution is -0.123. The number of nitrogens with zero attached hydrogens (tertiary/aromatic N) is 1. The summed E-state index contributed by atoms with van der Waals surface area (Å²) < 4.78 is 0. The third kappa shape index (κ3) is 5.17. The molecule has 2 N–H and O–H groups in total. The van der Waals surface area contributed by atoms with E-state index in [4.69, 9.17) is 0 Å². The van der Waals surface area contributed by atoms with Gasteiger partial charge in [-0.05, 0) is 32.7 Å². The Morgan fingerprint density at radius 3 is 2.55 bits per heavy atom. The van der Waals surface area contributed by atoms with Crippen LogP contribution < -0.4 is 10.6 Å². The van der Waals surface area contributed by atoms with Crippen LogP contribution in [-0.4, -0.2) is 60.1 Å². The number of amides is 1. The molecule has 0 aromatic carbocycles. The monoisotopic (exact) mass is 369 g/mol. The van der Waals surface area contributed by atoms with Gasteiger partial charge >= 0.3 is 0 Å². The van der Waals surface area contributed by atoms with Crippen molar-refractivity contribution < 1.29 is 4.79 Å². The number of carbonyl (C=O) groups excluding carboxylic acids is 1. The summed E-state index contributed by atoms with van der Waals surface area (Å²) in [6, 6.07) is 2.16. The fourth-order valence-corrected chi connectivity index (χ4v) is 4.94. The summed E-state index contributed by atoms with van der Waals surface area (Å²) in [5, 5.41) is 6.74. The Bertz CT molecular complexity index is 342. The molecule has 4 nitrogen and oxygen atoms in total. The molecular weight excluding hydrogens is 341 g/mol. The van der Waals surface area contributed by atoms with Crippen LogP contribution in [-0.2, 0) is 4.79 Å². The maximum absolute atomic E-state index is 12.2. The minimum absolute atomic E-state index is 0. The van der Waals surface area contributed by atoms with Crippen molar-refractivity contribution in [2.75, 3.05) is 25.1 Å². The lowest BCUT2D eigenvalue weighted by Gasteiger charge is -2.47. The van der Waals surface area contributed by atoms with Crippen molar-refractivity contribution in [3.63, 3.8) is 0 Å². The molecule has 2 bridgehead atoms. The third-order valence-corrected chi connectivity index (χ3v) is 6.27. The second kappa shape index (κ2) is 9.58. The Morgan fingerprint density at radius 1 is 1.27 bits per heavy atom. The predicted octanol–water partition coefficient (Wildman–Crippen LogP) is 2.06. The minimum atomic E-state index is 0. The topological polar surface area (TPSA) is 44.4 Å². The maximum Gasteiger partial charge on any atom is 0.221 e. The second-order valence-electron chi connectivity index (χ2n) is 6.57. The van der Waals surface area contributed by atoms with Crippen molar-refractivity contribution in [3.8, 4) is 0 Å². The highest BCUT2D eigenvalue weighted by Crippen LogP contribution is 2.32. The number of nitrogens with one attached hydrogen (secondary N) is 2. The Kier molecular flexibility index (Phi) is 8.86. The van der Waals surface area contributed by atoms with Gasteiger partial charge in [0.25, 0.3) is 0 Å². The molecule has 7 heteroatoms. The molecule has 3 aliphatic heterocycles. The number of hydrogen-bond acceptors (Lipinski definition) is 4. The average molecular weight is 370 g/mol. The smallest absolute Gasteiger partial charge is 0.221 e. The largest absolute Gasteiger partial charge is 0.353 e. The first kappa shape index (κ1) is 20.4. The quantitative estimate of drug-likeness (QED) is 0.798. The van der Waals surface area contributed by atoms with Crippen molar-refractivity contribution in [1.82, 2.24) is 15.5 Å². The first-order valence-electron chi connectivity index (χ1n) is 8.05. The van der Waals surface area contributed by atoms with E-state index in [1.54, 1.807) is 0 Å². The minimum Gasteiger partial charge on any atom is -0.353 e. The summed E-state index contributed by atoms with van der Waals surface area (Å²) in [5.41, 5.74) is 0. The summed E-state index contributed by atoms with van der Waals surface area (Å²) in [4.78, 5) is 14.8. The normalized spacial score (nSPS) is 35.0. The van der Waals surface area contributed by atoms with Crippen LogP contribution in [0.3, 0.4) is 0 Å². The first-order chi connectivity index (χ1) is 9.72. The molecule has 3 rings (SSSR count). The summed E-state index contributed by atoms with van der Waals surface area (Å²) in [5.74, 6) is 2.50. The van der Waals surface area contributed by atoms with Crippen molar-refractivity contribution in [2.45, 2.75) is 62.7 Å². The van der Waals surface area contributed by atoms with Crippen molar-refractivity contribution in [1.29, 1.82) is 0 Å². The van der Waals surface area contributed by atoms with E-state index in [-0.39, 0.29) is 30.7 Å². The van der Waals surface area contributed by atoms with E-state index in [2.05, 4.69) is 22.6 Å². The predicted molar refractivity (Wildman–Crippen MR) is 98.6 cm³/mol. The molecule has 0 aromatic rings. The van der Waals surface area contributed by atoms with Crippen LogP contribution in [0.15, 0.2) is 0 Å². The average Bonchev–Trinajstić information content (AvgIpc) is 2.41. The second-order valence-corrected chi connectivity index (χ2v) is 7.72.